The van der Waals surface area contributed by atoms with E-state index in [1.54, 1.807) is 0 Å². The molecular formula is C9H18OSi. The molecule has 0 aromatic carbocycles. The smallest absolute Gasteiger partial charge is 0.0495 e. The van der Waals surface area contributed by atoms with Crippen LogP contribution in [0.3, 0.4) is 0 Å². The molecule has 1 nitrogen and oxygen atoms in total. The topological polar surface area (TPSA) is 9.23 Å². The van der Waals surface area contributed by atoms with Crippen LogP contribution >= 0.6 is 0 Å². The summed E-state index contributed by atoms with van der Waals surface area (Å²) in [5.74, 6) is 0.596. The van der Waals surface area contributed by atoms with Gasteiger partial charge in [0, 0.05) is 23.1 Å². The SMILES string of the molecule is C=CCC(CC=C)COC[SiH3]. The summed E-state index contributed by atoms with van der Waals surface area (Å²) in [6.07, 6.45) is 6.90. The predicted octanol–water partition coefficient (Wildman–Crippen LogP) is 1.09. The van der Waals surface area contributed by atoms with Gasteiger partial charge in [-0.1, -0.05) is 12.2 Å². The lowest BCUT2D eigenvalue weighted by molar-refractivity contribution is 0.138. The Balaban J connectivity index is 3.49. The molecule has 0 heterocycles. The normalized spacial score (nSPS) is 10.3. The fourth-order valence-electron chi connectivity index (χ4n) is 0.988. The van der Waals surface area contributed by atoms with E-state index in [1.165, 1.54) is 0 Å². The first kappa shape index (κ1) is 10.7. The second kappa shape index (κ2) is 7.76. The Labute approximate surface area is 72.6 Å². The van der Waals surface area contributed by atoms with Crippen molar-refractivity contribution in [1.82, 2.24) is 0 Å². The molecule has 0 aromatic rings. The molecule has 0 rings (SSSR count). The molecule has 0 aliphatic carbocycles. The predicted molar refractivity (Wildman–Crippen MR) is 53.9 cm³/mol. The lowest BCUT2D eigenvalue weighted by atomic mass is 10.0. The quantitative estimate of drug-likeness (QED) is 0.410. The maximum Gasteiger partial charge on any atom is 0.0495 e. The third-order valence-electron chi connectivity index (χ3n) is 1.56. The van der Waals surface area contributed by atoms with E-state index < -0.39 is 0 Å². The standard InChI is InChI=1S/C9H18OSi/c1-3-5-9(6-4-2)7-10-8-11/h3-4,9H,1-2,5-8H2,11H3. The second-order valence-electron chi connectivity index (χ2n) is 2.57. The van der Waals surface area contributed by atoms with E-state index in [2.05, 4.69) is 13.2 Å². The van der Waals surface area contributed by atoms with E-state index in [9.17, 15) is 0 Å². The molecule has 0 aliphatic rings. The van der Waals surface area contributed by atoms with Gasteiger partial charge in [-0.15, -0.1) is 13.2 Å². The highest BCUT2D eigenvalue weighted by Gasteiger charge is 2.03. The van der Waals surface area contributed by atoms with Crippen LogP contribution in [-0.2, 0) is 4.74 Å². The highest BCUT2D eigenvalue weighted by atomic mass is 28.1. The fourth-order valence-corrected chi connectivity index (χ4v) is 1.22. The molecule has 0 N–H and O–H groups in total. The van der Waals surface area contributed by atoms with Crippen molar-refractivity contribution in [1.29, 1.82) is 0 Å². The van der Waals surface area contributed by atoms with Gasteiger partial charge in [-0.25, -0.2) is 0 Å². The van der Waals surface area contributed by atoms with Crippen LogP contribution in [-0.4, -0.2) is 23.1 Å². The van der Waals surface area contributed by atoms with Crippen LogP contribution in [0.1, 0.15) is 12.8 Å². The van der Waals surface area contributed by atoms with Crippen LogP contribution < -0.4 is 0 Å². The molecule has 0 fully saturated rings. The van der Waals surface area contributed by atoms with E-state index in [0.29, 0.717) is 5.92 Å². The van der Waals surface area contributed by atoms with Gasteiger partial charge < -0.3 is 4.74 Å². The van der Waals surface area contributed by atoms with Gasteiger partial charge in [0.05, 0.1) is 0 Å². The van der Waals surface area contributed by atoms with Crippen molar-refractivity contribution < 1.29 is 4.74 Å². The van der Waals surface area contributed by atoms with Crippen LogP contribution in [0.15, 0.2) is 25.3 Å². The second-order valence-corrected chi connectivity index (χ2v) is 3.15. The van der Waals surface area contributed by atoms with E-state index >= 15 is 0 Å². The largest absolute Gasteiger partial charge is 0.386 e. The maximum atomic E-state index is 5.37. The van der Waals surface area contributed by atoms with Gasteiger partial charge in [-0.2, -0.15) is 0 Å². The molecule has 0 aliphatic heterocycles. The van der Waals surface area contributed by atoms with E-state index in [1.807, 2.05) is 12.2 Å². The van der Waals surface area contributed by atoms with Crippen LogP contribution in [0, 0.1) is 5.92 Å². The summed E-state index contributed by atoms with van der Waals surface area (Å²) in [5.41, 5.74) is 0. The third-order valence-corrected chi connectivity index (χ3v) is 1.97. The van der Waals surface area contributed by atoms with Crippen molar-refractivity contribution >= 4 is 10.2 Å². The van der Waals surface area contributed by atoms with Gasteiger partial charge in [-0.05, 0) is 18.8 Å². The van der Waals surface area contributed by atoms with E-state index in [0.717, 1.165) is 35.9 Å². The maximum absolute atomic E-state index is 5.37. The number of ether oxygens (including phenoxy) is 1. The van der Waals surface area contributed by atoms with Gasteiger partial charge in [-0.3, -0.25) is 0 Å². The van der Waals surface area contributed by atoms with Crippen molar-refractivity contribution in [3.8, 4) is 0 Å². The Kier molecular flexibility index (Phi) is 7.52. The zero-order valence-electron chi connectivity index (χ0n) is 7.38. The number of hydrogen-bond acceptors (Lipinski definition) is 1. The minimum absolute atomic E-state index is 0.596. The Morgan fingerprint density at radius 2 is 1.82 bits per heavy atom. The monoisotopic (exact) mass is 170 g/mol. The molecule has 0 unspecified atom stereocenters. The summed E-state index contributed by atoms with van der Waals surface area (Å²) in [4.78, 5) is 0. The van der Waals surface area contributed by atoms with Gasteiger partial charge in [0.25, 0.3) is 0 Å². The molecule has 0 bridgehead atoms. The zero-order chi connectivity index (χ0) is 8.53. The van der Waals surface area contributed by atoms with Crippen molar-refractivity contribution in [2.24, 2.45) is 5.92 Å². The highest BCUT2D eigenvalue weighted by molar-refractivity contribution is 6.08. The Morgan fingerprint density at radius 1 is 1.27 bits per heavy atom. The summed E-state index contributed by atoms with van der Waals surface area (Å²) in [7, 11) is 1.13. The van der Waals surface area contributed by atoms with Gasteiger partial charge in [0.2, 0.25) is 0 Å². The minimum Gasteiger partial charge on any atom is -0.386 e. The van der Waals surface area contributed by atoms with E-state index in [-0.39, 0.29) is 0 Å². The first-order valence-corrected chi connectivity index (χ1v) is 5.56. The molecule has 11 heavy (non-hydrogen) atoms. The summed E-state index contributed by atoms with van der Waals surface area (Å²) < 4.78 is 5.37. The molecule has 0 atom stereocenters. The summed E-state index contributed by atoms with van der Waals surface area (Å²) in [6, 6.07) is 0. The number of hydrogen-bond donors (Lipinski definition) is 0. The average molecular weight is 170 g/mol. The zero-order valence-corrected chi connectivity index (χ0v) is 9.38. The van der Waals surface area contributed by atoms with Crippen LogP contribution in [0.25, 0.3) is 0 Å². The van der Waals surface area contributed by atoms with Gasteiger partial charge in [0.1, 0.15) is 0 Å². The van der Waals surface area contributed by atoms with Crippen molar-refractivity contribution in [3.63, 3.8) is 0 Å². The average Bonchev–Trinajstić information content (AvgIpc) is 2.01. The lowest BCUT2D eigenvalue weighted by Crippen LogP contribution is -2.08. The number of rotatable bonds is 7. The lowest BCUT2D eigenvalue weighted by Gasteiger charge is -2.11. The van der Waals surface area contributed by atoms with Gasteiger partial charge >= 0.3 is 0 Å². The molecule has 0 aromatic heterocycles. The van der Waals surface area contributed by atoms with Crippen LogP contribution in [0.5, 0.6) is 0 Å². The molecule has 0 saturated heterocycles. The van der Waals surface area contributed by atoms with Crippen LogP contribution in [0.4, 0.5) is 0 Å². The van der Waals surface area contributed by atoms with Crippen molar-refractivity contribution in [2.75, 3.05) is 12.8 Å². The molecule has 0 saturated carbocycles. The summed E-state index contributed by atoms with van der Waals surface area (Å²) >= 11 is 0. The highest BCUT2D eigenvalue weighted by Crippen LogP contribution is 2.09. The molecule has 2 heteroatoms. The fraction of sp³-hybridized carbons (Fsp3) is 0.556. The van der Waals surface area contributed by atoms with Crippen LogP contribution in [0.2, 0.25) is 0 Å². The van der Waals surface area contributed by atoms with E-state index in [4.69, 9.17) is 4.74 Å². The Hall–Kier alpha value is -0.343. The summed E-state index contributed by atoms with van der Waals surface area (Å²) in [6.45, 7) is 8.28. The Bertz CT molecular complexity index is 102. The summed E-state index contributed by atoms with van der Waals surface area (Å²) in [5, 5.41) is 0. The Morgan fingerprint density at radius 3 is 2.18 bits per heavy atom. The third kappa shape index (κ3) is 6.07. The van der Waals surface area contributed by atoms with Crippen molar-refractivity contribution in [2.45, 2.75) is 12.8 Å². The first-order chi connectivity index (χ1) is 5.35. The number of allylic oxidation sites excluding steroid dienone is 2. The van der Waals surface area contributed by atoms with Crippen molar-refractivity contribution in [3.05, 3.63) is 25.3 Å². The molecule has 64 valence electrons. The molecular weight excluding hydrogens is 152 g/mol. The molecule has 0 radical (unpaired) electrons. The molecule has 0 spiro atoms. The minimum atomic E-state index is 0.596. The molecule has 0 amide bonds. The van der Waals surface area contributed by atoms with Gasteiger partial charge in [0.15, 0.2) is 0 Å². The first-order valence-electron chi connectivity index (χ1n) is 4.14.